The van der Waals surface area contributed by atoms with Gasteiger partial charge in [0.25, 0.3) is 0 Å². The highest BCUT2D eigenvalue weighted by molar-refractivity contribution is 6.02. The minimum atomic E-state index is -4.85. The van der Waals surface area contributed by atoms with Gasteiger partial charge in [-0.25, -0.2) is 0 Å². The molecule has 2 rings (SSSR count). The highest BCUT2D eigenvalue weighted by Crippen LogP contribution is 2.25. The van der Waals surface area contributed by atoms with Crippen LogP contribution < -0.4 is 9.47 Å². The third-order valence-corrected chi connectivity index (χ3v) is 3.36. The van der Waals surface area contributed by atoms with Gasteiger partial charge in [-0.1, -0.05) is 36.4 Å². The summed E-state index contributed by atoms with van der Waals surface area (Å²) < 4.78 is 80.9. The Bertz CT molecular complexity index is 1000. The SMILES string of the molecule is O=C(/C=C/c1cccc(OC(F)(F)F)c1)/C=C(O)\C=C\c1cccc(OC(F)(F)F)c1. The molecule has 0 heterocycles. The van der Waals surface area contributed by atoms with Crippen LogP contribution in [0.3, 0.4) is 0 Å². The highest BCUT2D eigenvalue weighted by atomic mass is 19.4. The Kier molecular flexibility index (Phi) is 7.51. The first-order valence-electron chi connectivity index (χ1n) is 8.42. The molecule has 0 aromatic heterocycles. The fourth-order valence-corrected chi connectivity index (χ4v) is 2.23. The first-order chi connectivity index (χ1) is 14.4. The molecule has 2 aromatic carbocycles. The lowest BCUT2D eigenvalue weighted by Crippen LogP contribution is -2.17. The lowest BCUT2D eigenvalue weighted by Gasteiger charge is -2.08. The summed E-state index contributed by atoms with van der Waals surface area (Å²) in [6.07, 6.45) is -4.32. The predicted molar refractivity (Wildman–Crippen MR) is 100 cm³/mol. The van der Waals surface area contributed by atoms with Crippen molar-refractivity contribution < 1.29 is 45.7 Å². The molecule has 0 amide bonds. The molecule has 0 spiro atoms. The maximum absolute atomic E-state index is 12.2. The van der Waals surface area contributed by atoms with Crippen LogP contribution in [0.25, 0.3) is 12.2 Å². The first-order valence-corrected chi connectivity index (χ1v) is 8.42. The summed E-state index contributed by atoms with van der Waals surface area (Å²) in [5.41, 5.74) is 0.520. The molecule has 0 aliphatic heterocycles. The Morgan fingerprint density at radius 3 is 1.68 bits per heavy atom. The second kappa shape index (κ2) is 9.88. The van der Waals surface area contributed by atoms with Gasteiger partial charge in [0.15, 0.2) is 5.78 Å². The summed E-state index contributed by atoms with van der Waals surface area (Å²) >= 11 is 0. The van der Waals surface area contributed by atoms with Crippen molar-refractivity contribution in [2.24, 2.45) is 0 Å². The van der Waals surface area contributed by atoms with E-state index in [1.54, 1.807) is 0 Å². The number of halogens is 6. The third-order valence-electron chi connectivity index (χ3n) is 3.36. The van der Waals surface area contributed by atoms with Crippen molar-refractivity contribution in [3.8, 4) is 11.5 Å². The lowest BCUT2D eigenvalue weighted by atomic mass is 10.1. The van der Waals surface area contributed by atoms with Crippen LogP contribution in [0, 0.1) is 0 Å². The second-order valence-electron chi connectivity index (χ2n) is 5.88. The third kappa shape index (κ3) is 9.57. The molecule has 0 aliphatic carbocycles. The summed E-state index contributed by atoms with van der Waals surface area (Å²) in [5.74, 6) is -2.08. The van der Waals surface area contributed by atoms with Crippen molar-refractivity contribution in [2.45, 2.75) is 12.7 Å². The normalized spacial score (nSPS) is 13.0. The fraction of sp³-hybridized carbons (Fsp3) is 0.0952. The topological polar surface area (TPSA) is 55.8 Å². The Balaban J connectivity index is 2.02. The van der Waals surface area contributed by atoms with Gasteiger partial charge in [0.05, 0.1) is 0 Å². The molecule has 1 N–H and O–H groups in total. The molecule has 2 aromatic rings. The molecule has 0 saturated heterocycles. The van der Waals surface area contributed by atoms with E-state index in [0.29, 0.717) is 0 Å². The van der Waals surface area contributed by atoms with E-state index in [1.807, 2.05) is 0 Å². The van der Waals surface area contributed by atoms with Crippen molar-refractivity contribution in [3.63, 3.8) is 0 Å². The molecule has 31 heavy (non-hydrogen) atoms. The van der Waals surface area contributed by atoms with Gasteiger partial charge in [0.1, 0.15) is 17.3 Å². The molecule has 4 nitrogen and oxygen atoms in total. The van der Waals surface area contributed by atoms with Gasteiger partial charge in [-0.2, -0.15) is 0 Å². The molecule has 164 valence electrons. The van der Waals surface area contributed by atoms with E-state index in [-0.39, 0.29) is 11.1 Å². The Morgan fingerprint density at radius 2 is 1.23 bits per heavy atom. The largest absolute Gasteiger partial charge is 0.573 e. The van der Waals surface area contributed by atoms with Gasteiger partial charge < -0.3 is 14.6 Å². The summed E-state index contributed by atoms with van der Waals surface area (Å²) in [7, 11) is 0. The number of benzene rings is 2. The van der Waals surface area contributed by atoms with Crippen molar-refractivity contribution in [1.29, 1.82) is 0 Å². The number of hydrogen-bond acceptors (Lipinski definition) is 4. The van der Waals surface area contributed by atoms with E-state index in [9.17, 15) is 36.2 Å². The Hall–Kier alpha value is -3.69. The van der Waals surface area contributed by atoms with Gasteiger partial charge >= 0.3 is 12.7 Å². The number of rotatable bonds is 7. The summed E-state index contributed by atoms with van der Waals surface area (Å²) in [6, 6.07) is 9.84. The number of aliphatic hydroxyl groups excluding tert-OH is 1. The van der Waals surface area contributed by atoms with E-state index in [2.05, 4.69) is 9.47 Å². The summed E-state index contributed by atoms with van der Waals surface area (Å²) in [6.45, 7) is 0. The van der Waals surface area contributed by atoms with Crippen molar-refractivity contribution in [2.75, 3.05) is 0 Å². The first kappa shape index (κ1) is 23.6. The molecule has 10 heteroatoms. The Morgan fingerprint density at radius 1 is 0.774 bits per heavy atom. The lowest BCUT2D eigenvalue weighted by molar-refractivity contribution is -0.275. The number of allylic oxidation sites excluding steroid dienone is 3. The van der Waals surface area contributed by atoms with Crippen LogP contribution in [0.1, 0.15) is 11.1 Å². The van der Waals surface area contributed by atoms with Crippen LogP contribution >= 0.6 is 0 Å². The smallest absolute Gasteiger partial charge is 0.508 e. The highest BCUT2D eigenvalue weighted by Gasteiger charge is 2.31. The number of ketones is 1. The molecule has 0 saturated carbocycles. The van der Waals surface area contributed by atoms with Gasteiger partial charge in [0, 0.05) is 6.08 Å². The maximum Gasteiger partial charge on any atom is 0.573 e. The van der Waals surface area contributed by atoms with Crippen LogP contribution in [-0.4, -0.2) is 23.6 Å². The number of aliphatic hydroxyl groups is 1. The standard InChI is InChI=1S/C21H14F6O4/c22-20(23,24)30-18-5-1-3-14(11-18)7-9-16(28)13-17(29)10-8-15-4-2-6-19(12-15)31-21(25,26)27/h1-13,28H/b9-7+,10-8+,16-13+. The number of carbonyl (C=O) groups is 1. The van der Waals surface area contributed by atoms with Crippen LogP contribution in [0.4, 0.5) is 26.3 Å². The summed E-state index contributed by atoms with van der Waals surface area (Å²) in [4.78, 5) is 11.8. The molecule has 0 aliphatic rings. The van der Waals surface area contributed by atoms with E-state index in [4.69, 9.17) is 0 Å². The zero-order valence-electron chi connectivity index (χ0n) is 15.4. The zero-order chi connectivity index (χ0) is 23.1. The minimum Gasteiger partial charge on any atom is -0.508 e. The molecule has 0 bridgehead atoms. The zero-order valence-corrected chi connectivity index (χ0v) is 15.4. The average molecular weight is 444 g/mol. The molecular weight excluding hydrogens is 430 g/mol. The van der Waals surface area contributed by atoms with Crippen LogP contribution in [0.5, 0.6) is 11.5 Å². The number of hydrogen-bond donors (Lipinski definition) is 1. The van der Waals surface area contributed by atoms with Crippen molar-refractivity contribution in [1.82, 2.24) is 0 Å². The van der Waals surface area contributed by atoms with Crippen molar-refractivity contribution >= 4 is 17.9 Å². The van der Waals surface area contributed by atoms with Gasteiger partial charge in [0.2, 0.25) is 0 Å². The summed E-state index contributed by atoms with van der Waals surface area (Å²) in [5, 5.41) is 9.77. The van der Waals surface area contributed by atoms with Gasteiger partial charge in [-0.15, -0.1) is 26.3 Å². The molecule has 0 unspecified atom stereocenters. The number of alkyl halides is 6. The number of carbonyl (C=O) groups excluding carboxylic acids is 1. The average Bonchev–Trinajstić information content (AvgIpc) is 2.63. The quantitative estimate of drug-likeness (QED) is 0.238. The van der Waals surface area contributed by atoms with Crippen LogP contribution in [-0.2, 0) is 4.79 Å². The molecular formula is C21H14F6O4. The minimum absolute atomic E-state index is 0.250. The molecule has 0 radical (unpaired) electrons. The fourth-order valence-electron chi connectivity index (χ4n) is 2.23. The molecule has 0 atom stereocenters. The van der Waals surface area contributed by atoms with Crippen LogP contribution in [0.15, 0.2) is 72.5 Å². The van der Waals surface area contributed by atoms with E-state index in [1.165, 1.54) is 36.4 Å². The van der Waals surface area contributed by atoms with Crippen LogP contribution in [0.2, 0.25) is 0 Å². The predicted octanol–water partition coefficient (Wildman–Crippen LogP) is 6.22. The Labute approximate surface area is 172 Å². The number of ether oxygens (including phenoxy) is 2. The maximum atomic E-state index is 12.2. The van der Waals surface area contributed by atoms with E-state index >= 15 is 0 Å². The second-order valence-corrected chi connectivity index (χ2v) is 5.88. The molecule has 0 fully saturated rings. The van der Waals surface area contributed by atoms with E-state index < -0.39 is 35.8 Å². The van der Waals surface area contributed by atoms with Gasteiger partial charge in [-0.3, -0.25) is 4.79 Å². The monoisotopic (exact) mass is 444 g/mol. The van der Waals surface area contributed by atoms with Crippen molar-refractivity contribution in [3.05, 3.63) is 83.6 Å². The van der Waals surface area contributed by atoms with Gasteiger partial charge in [-0.05, 0) is 47.5 Å². The van der Waals surface area contributed by atoms with E-state index in [0.717, 1.165) is 42.5 Å².